The van der Waals surface area contributed by atoms with Gasteiger partial charge in [-0.25, -0.2) is 8.42 Å². The number of nitrogens with one attached hydrogen (secondary N) is 1. The maximum absolute atomic E-state index is 12.5. The van der Waals surface area contributed by atoms with Crippen LogP contribution in [0, 0.1) is 0 Å². The molecule has 0 amide bonds. The summed E-state index contributed by atoms with van der Waals surface area (Å²) in [4.78, 5) is 0.394. The van der Waals surface area contributed by atoms with Crippen molar-refractivity contribution in [3.8, 4) is 0 Å². The molecular weight excluding hydrogens is 280 g/mol. The Hall–Kier alpha value is -0.720. The van der Waals surface area contributed by atoms with Crippen molar-refractivity contribution < 1.29 is 8.42 Å². The lowest BCUT2D eigenvalue weighted by Crippen LogP contribution is -2.36. The van der Waals surface area contributed by atoms with Crippen molar-refractivity contribution in [1.29, 1.82) is 0 Å². The molecule has 2 rings (SSSR count). The van der Waals surface area contributed by atoms with E-state index in [1.807, 2.05) is 19.2 Å². The molecule has 1 aliphatic heterocycles. The van der Waals surface area contributed by atoms with Crippen LogP contribution in [0.25, 0.3) is 0 Å². The van der Waals surface area contributed by atoms with Crippen LogP contribution in [0.2, 0.25) is 0 Å². The van der Waals surface area contributed by atoms with Crippen LogP contribution in [0.5, 0.6) is 0 Å². The Labute approximate surface area is 119 Å². The SMILES string of the molecule is CSCC(C)N(C)S(=O)(=O)c1ccc2c(c1)CCN2. The van der Waals surface area contributed by atoms with E-state index in [-0.39, 0.29) is 6.04 Å². The minimum Gasteiger partial charge on any atom is -0.384 e. The van der Waals surface area contributed by atoms with Crippen LogP contribution in [-0.2, 0) is 16.4 Å². The zero-order valence-electron chi connectivity index (χ0n) is 11.5. The molecule has 1 heterocycles. The van der Waals surface area contributed by atoms with Crippen molar-refractivity contribution in [2.24, 2.45) is 0 Å². The summed E-state index contributed by atoms with van der Waals surface area (Å²) in [7, 11) is -1.74. The maximum atomic E-state index is 12.5. The van der Waals surface area contributed by atoms with E-state index < -0.39 is 10.0 Å². The first kappa shape index (κ1) is 14.7. The molecule has 4 nitrogen and oxygen atoms in total. The second kappa shape index (κ2) is 5.73. The molecular formula is C13H20N2O2S2. The van der Waals surface area contributed by atoms with Crippen molar-refractivity contribution in [3.05, 3.63) is 23.8 Å². The summed E-state index contributed by atoms with van der Waals surface area (Å²) in [6, 6.07) is 5.34. The Kier molecular flexibility index (Phi) is 4.43. The Bertz CT molecular complexity index is 558. The monoisotopic (exact) mass is 300 g/mol. The molecule has 1 atom stereocenters. The number of anilines is 1. The topological polar surface area (TPSA) is 49.4 Å². The van der Waals surface area contributed by atoms with Gasteiger partial charge in [0.15, 0.2) is 0 Å². The highest BCUT2D eigenvalue weighted by molar-refractivity contribution is 7.98. The molecule has 0 radical (unpaired) electrons. The van der Waals surface area contributed by atoms with Gasteiger partial charge in [-0.05, 0) is 43.4 Å². The predicted molar refractivity (Wildman–Crippen MR) is 81.4 cm³/mol. The summed E-state index contributed by atoms with van der Waals surface area (Å²) in [5, 5.41) is 3.24. The fraction of sp³-hybridized carbons (Fsp3) is 0.538. The molecule has 19 heavy (non-hydrogen) atoms. The second-order valence-corrected chi connectivity index (χ2v) is 7.73. The molecule has 1 aromatic rings. The lowest BCUT2D eigenvalue weighted by atomic mass is 10.2. The summed E-state index contributed by atoms with van der Waals surface area (Å²) >= 11 is 1.65. The fourth-order valence-corrected chi connectivity index (χ4v) is 4.40. The van der Waals surface area contributed by atoms with Crippen molar-refractivity contribution in [3.63, 3.8) is 0 Å². The molecule has 0 spiro atoms. The van der Waals surface area contributed by atoms with E-state index in [4.69, 9.17) is 0 Å². The Morgan fingerprint density at radius 1 is 1.47 bits per heavy atom. The Balaban J connectivity index is 2.29. The largest absolute Gasteiger partial charge is 0.384 e. The summed E-state index contributed by atoms with van der Waals surface area (Å²) in [6.07, 6.45) is 2.88. The van der Waals surface area contributed by atoms with Crippen LogP contribution in [0.4, 0.5) is 5.69 Å². The molecule has 1 unspecified atom stereocenters. The highest BCUT2D eigenvalue weighted by Crippen LogP contribution is 2.27. The van der Waals surface area contributed by atoms with Gasteiger partial charge in [0, 0.05) is 31.1 Å². The molecule has 1 N–H and O–H groups in total. The smallest absolute Gasteiger partial charge is 0.243 e. The number of nitrogens with zero attached hydrogens (tertiary/aromatic N) is 1. The molecule has 106 valence electrons. The van der Waals surface area contributed by atoms with E-state index in [1.54, 1.807) is 30.9 Å². The minimum atomic E-state index is -3.39. The third kappa shape index (κ3) is 2.90. The summed E-state index contributed by atoms with van der Waals surface area (Å²) in [5.74, 6) is 0.794. The van der Waals surface area contributed by atoms with Gasteiger partial charge in [0.25, 0.3) is 0 Å². The molecule has 1 aliphatic rings. The Morgan fingerprint density at radius 2 is 2.21 bits per heavy atom. The fourth-order valence-electron chi connectivity index (χ4n) is 2.19. The number of hydrogen-bond donors (Lipinski definition) is 1. The van der Waals surface area contributed by atoms with Gasteiger partial charge in [0.1, 0.15) is 0 Å². The number of rotatable bonds is 5. The molecule has 6 heteroatoms. The van der Waals surface area contributed by atoms with Gasteiger partial charge in [-0.15, -0.1) is 0 Å². The van der Waals surface area contributed by atoms with Gasteiger partial charge in [-0.2, -0.15) is 16.1 Å². The van der Waals surface area contributed by atoms with Crippen LogP contribution in [-0.4, -0.2) is 44.4 Å². The van der Waals surface area contributed by atoms with E-state index in [1.165, 1.54) is 4.31 Å². The quantitative estimate of drug-likeness (QED) is 0.904. The number of fused-ring (bicyclic) bond motifs is 1. The first-order valence-corrected chi connectivity index (χ1v) is 9.14. The standard InChI is InChI=1S/C13H20N2O2S2/c1-10(9-18-3)15(2)19(16,17)12-4-5-13-11(8-12)6-7-14-13/h4-5,8,10,14H,6-7,9H2,1-3H3. The van der Waals surface area contributed by atoms with Gasteiger partial charge in [0.05, 0.1) is 4.90 Å². The van der Waals surface area contributed by atoms with E-state index in [0.29, 0.717) is 4.90 Å². The summed E-state index contributed by atoms with van der Waals surface area (Å²) < 4.78 is 26.6. The highest BCUT2D eigenvalue weighted by Gasteiger charge is 2.26. The first-order chi connectivity index (χ1) is 8.96. The zero-order chi connectivity index (χ0) is 14.0. The van der Waals surface area contributed by atoms with Crippen LogP contribution in [0.3, 0.4) is 0 Å². The lowest BCUT2D eigenvalue weighted by Gasteiger charge is -2.24. The van der Waals surface area contributed by atoms with Crippen molar-refractivity contribution in [2.75, 3.05) is 30.9 Å². The summed E-state index contributed by atoms with van der Waals surface area (Å²) in [5.41, 5.74) is 2.14. The van der Waals surface area contributed by atoms with Crippen LogP contribution >= 0.6 is 11.8 Å². The second-order valence-electron chi connectivity index (χ2n) is 4.82. The molecule has 0 aromatic heterocycles. The number of benzene rings is 1. The minimum absolute atomic E-state index is 0.00798. The van der Waals surface area contributed by atoms with E-state index in [2.05, 4.69) is 5.32 Å². The number of sulfonamides is 1. The molecule has 0 fully saturated rings. The number of hydrogen-bond acceptors (Lipinski definition) is 4. The van der Waals surface area contributed by atoms with Crippen LogP contribution in [0.15, 0.2) is 23.1 Å². The molecule has 0 saturated carbocycles. The third-order valence-corrected chi connectivity index (χ3v) is 6.28. The van der Waals surface area contributed by atoms with Gasteiger partial charge in [0.2, 0.25) is 10.0 Å². The lowest BCUT2D eigenvalue weighted by molar-refractivity contribution is 0.415. The van der Waals surface area contributed by atoms with Crippen LogP contribution < -0.4 is 5.32 Å². The van der Waals surface area contributed by atoms with Gasteiger partial charge in [-0.3, -0.25) is 0 Å². The molecule has 1 aromatic carbocycles. The van der Waals surface area contributed by atoms with Gasteiger partial charge < -0.3 is 5.32 Å². The molecule has 0 bridgehead atoms. The van der Waals surface area contributed by atoms with Crippen molar-refractivity contribution in [1.82, 2.24) is 4.31 Å². The van der Waals surface area contributed by atoms with Crippen LogP contribution in [0.1, 0.15) is 12.5 Å². The molecule has 0 aliphatic carbocycles. The highest BCUT2D eigenvalue weighted by atomic mass is 32.2. The third-order valence-electron chi connectivity index (χ3n) is 3.49. The average Bonchev–Trinajstić information content (AvgIpc) is 2.85. The first-order valence-electron chi connectivity index (χ1n) is 6.30. The number of thioether (sulfide) groups is 1. The summed E-state index contributed by atoms with van der Waals surface area (Å²) in [6.45, 7) is 2.82. The average molecular weight is 300 g/mol. The van der Waals surface area contributed by atoms with E-state index >= 15 is 0 Å². The predicted octanol–water partition coefficient (Wildman–Crippen LogP) is 2.03. The molecule has 0 saturated heterocycles. The normalized spacial score (nSPS) is 16.2. The van der Waals surface area contributed by atoms with Crippen molar-refractivity contribution in [2.45, 2.75) is 24.3 Å². The maximum Gasteiger partial charge on any atom is 0.243 e. The van der Waals surface area contributed by atoms with Gasteiger partial charge in [-0.1, -0.05) is 0 Å². The Morgan fingerprint density at radius 3 is 2.89 bits per heavy atom. The van der Waals surface area contributed by atoms with Gasteiger partial charge >= 0.3 is 0 Å². The van der Waals surface area contributed by atoms with E-state index in [0.717, 1.165) is 30.0 Å². The zero-order valence-corrected chi connectivity index (χ0v) is 13.1. The van der Waals surface area contributed by atoms with E-state index in [9.17, 15) is 8.42 Å². The van der Waals surface area contributed by atoms with Crippen molar-refractivity contribution >= 4 is 27.5 Å².